The predicted octanol–water partition coefficient (Wildman–Crippen LogP) is 4.28. The van der Waals surface area contributed by atoms with Gasteiger partial charge >= 0.3 is 19.5 Å². The van der Waals surface area contributed by atoms with Crippen molar-refractivity contribution in [3.8, 4) is 0 Å². The molecule has 8 nitrogen and oxygen atoms in total. The predicted molar refractivity (Wildman–Crippen MR) is 124 cm³/mol. The fourth-order valence-electron chi connectivity index (χ4n) is 3.22. The number of hydrogen-bond donors (Lipinski definition) is 0. The van der Waals surface area contributed by atoms with Crippen molar-refractivity contribution >= 4 is 25.6 Å². The molecule has 0 spiro atoms. The fraction of sp³-hybridized carbons (Fsp3) is 0.478. The second kappa shape index (κ2) is 14.0. The summed E-state index contributed by atoms with van der Waals surface area (Å²) in [6.45, 7) is 8.18. The first-order valence-corrected chi connectivity index (χ1v) is 12.1. The Kier molecular flexibility index (Phi) is 12.2. The van der Waals surface area contributed by atoms with Crippen molar-refractivity contribution in [2.45, 2.75) is 33.7 Å². The van der Waals surface area contributed by atoms with Crippen LogP contribution in [0.5, 0.6) is 0 Å². The summed E-state index contributed by atoms with van der Waals surface area (Å²) < 4.78 is 34.5. The average molecular weight is 467 g/mol. The molecule has 9 heteroatoms. The summed E-state index contributed by atoms with van der Waals surface area (Å²) in [5.74, 6) is -1.79. The van der Waals surface area contributed by atoms with E-state index in [0.717, 1.165) is 12.7 Å². The smallest absolute Gasteiger partial charge is 0.369 e. The Balaban J connectivity index is 3.92. The largest absolute Gasteiger partial charge is 0.466 e. The number of hydrogen-bond acceptors (Lipinski definition) is 8. The van der Waals surface area contributed by atoms with E-state index in [1.165, 1.54) is 7.11 Å². The molecule has 0 bridgehead atoms. The quantitative estimate of drug-likeness (QED) is 0.241. The highest BCUT2D eigenvalue weighted by atomic mass is 31.2. The molecule has 0 fully saturated rings. The van der Waals surface area contributed by atoms with Crippen molar-refractivity contribution in [3.63, 3.8) is 0 Å². The standard InChI is InChI=1S/C23H34NO7P/c1-7-24(8-2)19(17-16-18-14-12-11-13-15-18)20(22(25)28-5)21(23(26)29-6)32(27,30-9-3)31-10-4/h11-17,19H,7-10H2,1-6H3/b17-16+,21-20+. The second-order valence-corrected chi connectivity index (χ2v) is 8.47. The van der Waals surface area contributed by atoms with E-state index >= 15 is 0 Å². The van der Waals surface area contributed by atoms with E-state index in [0.29, 0.717) is 13.1 Å². The van der Waals surface area contributed by atoms with Gasteiger partial charge in [0.2, 0.25) is 0 Å². The van der Waals surface area contributed by atoms with Gasteiger partial charge in [-0.2, -0.15) is 0 Å². The van der Waals surface area contributed by atoms with Crippen LogP contribution in [-0.2, 0) is 32.7 Å². The van der Waals surface area contributed by atoms with Gasteiger partial charge < -0.3 is 18.5 Å². The van der Waals surface area contributed by atoms with Gasteiger partial charge in [0.05, 0.1) is 39.0 Å². The average Bonchev–Trinajstić information content (AvgIpc) is 2.80. The van der Waals surface area contributed by atoms with Crippen LogP contribution in [0, 0.1) is 0 Å². The summed E-state index contributed by atoms with van der Waals surface area (Å²) >= 11 is 0. The van der Waals surface area contributed by atoms with E-state index in [9.17, 15) is 14.2 Å². The molecule has 0 radical (unpaired) electrons. The van der Waals surface area contributed by atoms with Crippen LogP contribution < -0.4 is 0 Å². The van der Waals surface area contributed by atoms with Gasteiger partial charge in [0, 0.05) is 0 Å². The molecule has 0 heterocycles. The van der Waals surface area contributed by atoms with Crippen LogP contribution in [0.1, 0.15) is 33.3 Å². The number of methoxy groups -OCH3 is 2. The van der Waals surface area contributed by atoms with E-state index < -0.39 is 30.9 Å². The lowest BCUT2D eigenvalue weighted by atomic mass is 10.0. The molecule has 0 aliphatic rings. The Morgan fingerprint density at radius 1 is 0.938 bits per heavy atom. The Morgan fingerprint density at radius 2 is 1.47 bits per heavy atom. The lowest BCUT2D eigenvalue weighted by molar-refractivity contribution is -0.139. The zero-order valence-electron chi connectivity index (χ0n) is 19.7. The molecule has 1 aromatic carbocycles. The Bertz CT molecular complexity index is 837. The molecule has 1 atom stereocenters. The van der Waals surface area contributed by atoms with Gasteiger partial charge in [0.1, 0.15) is 0 Å². The SMILES string of the molecule is CCOP(=O)(OCC)/C(C(=O)OC)=C(/C(=O)OC)C(/C=C/c1ccccc1)N(CC)CC. The fourth-order valence-corrected chi connectivity index (χ4v) is 5.07. The number of carbonyl (C=O) groups excluding carboxylic acids is 2. The van der Waals surface area contributed by atoms with E-state index in [4.69, 9.17) is 18.5 Å². The van der Waals surface area contributed by atoms with Gasteiger partial charge in [-0.25, -0.2) is 9.59 Å². The number of ether oxygens (including phenoxy) is 2. The number of esters is 2. The summed E-state index contributed by atoms with van der Waals surface area (Å²) in [6.07, 6.45) is 3.59. The highest BCUT2D eigenvalue weighted by Crippen LogP contribution is 2.58. The molecule has 1 aromatic rings. The van der Waals surface area contributed by atoms with Crippen molar-refractivity contribution in [1.29, 1.82) is 0 Å². The number of rotatable bonds is 13. The van der Waals surface area contributed by atoms with Crippen LogP contribution in [0.15, 0.2) is 47.3 Å². The van der Waals surface area contributed by atoms with Crippen LogP contribution in [-0.4, -0.2) is 63.4 Å². The molecule has 0 amide bonds. The van der Waals surface area contributed by atoms with Crippen LogP contribution >= 0.6 is 7.60 Å². The van der Waals surface area contributed by atoms with Crippen molar-refractivity contribution in [2.24, 2.45) is 0 Å². The number of nitrogens with zero attached hydrogens (tertiary/aromatic N) is 1. The van der Waals surface area contributed by atoms with Gasteiger partial charge in [-0.1, -0.05) is 56.3 Å². The minimum Gasteiger partial charge on any atom is -0.466 e. The maximum Gasteiger partial charge on any atom is 0.369 e. The van der Waals surface area contributed by atoms with Crippen molar-refractivity contribution in [2.75, 3.05) is 40.5 Å². The second-order valence-electron chi connectivity index (χ2n) is 6.51. The number of benzene rings is 1. The normalized spacial score (nSPS) is 13.7. The molecule has 178 valence electrons. The summed E-state index contributed by atoms with van der Waals surface area (Å²) in [5, 5.41) is -0.454. The zero-order chi connectivity index (χ0) is 24.1. The van der Waals surface area contributed by atoms with Crippen molar-refractivity contribution < 1.29 is 32.7 Å². The highest BCUT2D eigenvalue weighted by molar-refractivity contribution is 7.60. The third-order valence-electron chi connectivity index (χ3n) is 4.68. The maximum atomic E-state index is 13.7. The number of likely N-dealkylation sites (N-methyl/N-ethyl adjacent to an activating group) is 1. The third-order valence-corrected chi connectivity index (χ3v) is 6.85. The van der Waals surface area contributed by atoms with Crippen LogP contribution in [0.25, 0.3) is 6.08 Å². The Morgan fingerprint density at radius 3 is 1.91 bits per heavy atom. The van der Waals surface area contributed by atoms with Gasteiger partial charge in [0.15, 0.2) is 5.31 Å². The van der Waals surface area contributed by atoms with Crippen molar-refractivity contribution in [1.82, 2.24) is 4.90 Å². The zero-order valence-corrected chi connectivity index (χ0v) is 20.6. The van der Waals surface area contributed by atoms with Gasteiger partial charge in [0.25, 0.3) is 0 Å². The van der Waals surface area contributed by atoms with Gasteiger partial charge in [-0.15, -0.1) is 0 Å². The van der Waals surface area contributed by atoms with Gasteiger partial charge in [-0.3, -0.25) is 9.46 Å². The first-order valence-electron chi connectivity index (χ1n) is 10.6. The Labute approximate surface area is 190 Å². The topological polar surface area (TPSA) is 91.4 Å². The molecular formula is C23H34NO7P. The highest BCUT2D eigenvalue weighted by Gasteiger charge is 2.43. The first kappa shape index (κ1) is 27.8. The molecule has 1 unspecified atom stereocenters. The van der Waals surface area contributed by atoms with E-state index in [1.54, 1.807) is 19.9 Å². The molecular weight excluding hydrogens is 433 g/mol. The van der Waals surface area contributed by atoms with Crippen molar-refractivity contribution in [3.05, 3.63) is 52.9 Å². The summed E-state index contributed by atoms with van der Waals surface area (Å²) in [5.41, 5.74) is 0.756. The first-order chi connectivity index (χ1) is 15.3. The monoisotopic (exact) mass is 467 g/mol. The number of carbonyl (C=O) groups is 2. The Hall–Kier alpha value is -2.25. The van der Waals surface area contributed by atoms with Crippen LogP contribution in [0.4, 0.5) is 0 Å². The lowest BCUT2D eigenvalue weighted by Crippen LogP contribution is -2.39. The van der Waals surface area contributed by atoms with E-state index in [-0.39, 0.29) is 18.8 Å². The maximum absolute atomic E-state index is 13.7. The molecule has 0 N–H and O–H groups in total. The molecule has 0 saturated carbocycles. The third kappa shape index (κ3) is 7.14. The molecule has 0 aliphatic heterocycles. The summed E-state index contributed by atoms with van der Waals surface area (Å²) in [6, 6.07) is 8.74. The summed E-state index contributed by atoms with van der Waals surface area (Å²) in [7, 11) is -1.85. The minimum atomic E-state index is -4.19. The molecule has 1 rings (SSSR count). The van der Waals surface area contributed by atoms with Crippen LogP contribution in [0.2, 0.25) is 0 Å². The summed E-state index contributed by atoms with van der Waals surface area (Å²) in [4.78, 5) is 27.9. The molecule has 32 heavy (non-hydrogen) atoms. The molecule has 0 aliphatic carbocycles. The van der Waals surface area contributed by atoms with E-state index in [1.807, 2.05) is 55.2 Å². The van der Waals surface area contributed by atoms with Gasteiger partial charge in [-0.05, 0) is 32.5 Å². The minimum absolute atomic E-state index is 0.00200. The molecule has 0 aromatic heterocycles. The van der Waals surface area contributed by atoms with Crippen LogP contribution in [0.3, 0.4) is 0 Å². The molecule has 0 saturated heterocycles. The lowest BCUT2D eigenvalue weighted by Gasteiger charge is -2.31. The van der Waals surface area contributed by atoms with E-state index in [2.05, 4.69) is 0 Å².